The molecule has 8 nitrogen and oxygen atoms in total. The van der Waals surface area contributed by atoms with Gasteiger partial charge in [-0.2, -0.15) is 4.98 Å². The smallest absolute Gasteiger partial charge is 0.321 e. The molecule has 8 heteroatoms. The quantitative estimate of drug-likeness (QED) is 0.677. The van der Waals surface area contributed by atoms with Crippen LogP contribution in [-0.4, -0.2) is 45.2 Å². The van der Waals surface area contributed by atoms with Gasteiger partial charge in [0.1, 0.15) is 11.4 Å². The Kier molecular flexibility index (Phi) is 5.92. The number of pyridine rings is 1. The lowest BCUT2D eigenvalue weighted by Crippen LogP contribution is -2.40. The summed E-state index contributed by atoms with van der Waals surface area (Å²) in [7, 11) is 0. The Morgan fingerprint density at radius 2 is 1.93 bits per heavy atom. The first-order valence-corrected chi connectivity index (χ1v) is 10.2. The number of carbonyl (C=O) groups is 1. The van der Waals surface area contributed by atoms with Crippen LogP contribution >= 0.6 is 0 Å². The van der Waals surface area contributed by atoms with E-state index in [0.717, 1.165) is 24.3 Å². The summed E-state index contributed by atoms with van der Waals surface area (Å²) in [4.78, 5) is 23.1. The number of nitrogens with zero attached hydrogens (tertiary/aromatic N) is 4. The van der Waals surface area contributed by atoms with Gasteiger partial charge in [-0.25, -0.2) is 4.79 Å². The first kappa shape index (κ1) is 19.9. The van der Waals surface area contributed by atoms with Crippen LogP contribution in [0.1, 0.15) is 38.5 Å². The third-order valence-corrected chi connectivity index (χ3v) is 4.94. The third-order valence-electron chi connectivity index (χ3n) is 4.94. The van der Waals surface area contributed by atoms with Crippen molar-refractivity contribution in [1.82, 2.24) is 20.0 Å². The molecular weight excluding hydrogens is 382 g/mol. The molecular formula is C22H25N5O3. The van der Waals surface area contributed by atoms with Gasteiger partial charge in [0.05, 0.1) is 6.10 Å². The molecule has 2 amide bonds. The molecule has 0 radical (unpaired) electrons. The molecule has 0 aliphatic carbocycles. The largest absolute Gasteiger partial charge is 0.491 e. The highest BCUT2D eigenvalue weighted by Gasteiger charge is 2.28. The fourth-order valence-corrected chi connectivity index (χ4v) is 3.42. The molecule has 0 spiro atoms. The van der Waals surface area contributed by atoms with Crippen molar-refractivity contribution < 1.29 is 14.1 Å². The van der Waals surface area contributed by atoms with Gasteiger partial charge in [-0.1, -0.05) is 11.2 Å². The molecule has 3 heterocycles. The van der Waals surface area contributed by atoms with Crippen LogP contribution < -0.4 is 10.1 Å². The average molecular weight is 407 g/mol. The molecule has 4 rings (SSSR count). The molecule has 1 aliphatic heterocycles. The van der Waals surface area contributed by atoms with Crippen molar-refractivity contribution in [3.05, 3.63) is 54.6 Å². The SMILES string of the molecule is CC(C)Oc1ccc(NC(=O)N2CCC(c3nc(-c4ccccn4)no3)CC2)cc1. The highest BCUT2D eigenvalue weighted by atomic mass is 16.5. The van der Waals surface area contributed by atoms with E-state index in [4.69, 9.17) is 9.26 Å². The van der Waals surface area contributed by atoms with Crippen molar-refractivity contribution in [3.63, 3.8) is 0 Å². The molecule has 0 bridgehead atoms. The Hall–Kier alpha value is -3.42. The number of nitrogens with one attached hydrogen (secondary N) is 1. The molecule has 30 heavy (non-hydrogen) atoms. The zero-order valence-corrected chi connectivity index (χ0v) is 17.1. The molecule has 2 aromatic heterocycles. The maximum atomic E-state index is 12.6. The van der Waals surface area contributed by atoms with Gasteiger partial charge in [-0.3, -0.25) is 4.98 Å². The van der Waals surface area contributed by atoms with Crippen molar-refractivity contribution >= 4 is 11.7 Å². The van der Waals surface area contributed by atoms with Crippen LogP contribution in [0, 0.1) is 0 Å². The molecule has 0 unspecified atom stereocenters. The number of hydrogen-bond donors (Lipinski definition) is 1. The standard InChI is InChI=1S/C22H25N5O3/c1-15(2)29-18-8-6-17(7-9-18)24-22(28)27-13-10-16(11-14-27)21-25-20(26-30-21)19-5-3-4-12-23-19/h3-9,12,15-16H,10-11,13-14H2,1-2H3,(H,24,28). The summed E-state index contributed by atoms with van der Waals surface area (Å²) in [5, 5.41) is 6.99. The van der Waals surface area contributed by atoms with E-state index in [9.17, 15) is 4.79 Å². The number of benzene rings is 1. The predicted octanol–water partition coefficient (Wildman–Crippen LogP) is 4.33. The second-order valence-electron chi connectivity index (χ2n) is 7.55. The zero-order chi connectivity index (χ0) is 20.9. The molecule has 1 aliphatic rings. The van der Waals surface area contributed by atoms with Gasteiger partial charge in [0.2, 0.25) is 11.7 Å². The second kappa shape index (κ2) is 8.94. The van der Waals surface area contributed by atoms with E-state index < -0.39 is 0 Å². The summed E-state index contributed by atoms with van der Waals surface area (Å²) in [6.45, 7) is 5.22. The first-order chi connectivity index (χ1) is 14.6. The lowest BCUT2D eigenvalue weighted by atomic mass is 9.97. The highest BCUT2D eigenvalue weighted by molar-refractivity contribution is 5.89. The Morgan fingerprint density at radius 1 is 1.17 bits per heavy atom. The van der Waals surface area contributed by atoms with Crippen molar-refractivity contribution in [2.45, 2.75) is 38.7 Å². The van der Waals surface area contributed by atoms with Crippen LogP contribution in [0.15, 0.2) is 53.2 Å². The Bertz CT molecular complexity index is 964. The van der Waals surface area contributed by atoms with Crippen LogP contribution in [0.3, 0.4) is 0 Å². The Balaban J connectivity index is 1.30. The maximum absolute atomic E-state index is 12.6. The van der Waals surface area contributed by atoms with E-state index in [-0.39, 0.29) is 18.1 Å². The lowest BCUT2D eigenvalue weighted by Gasteiger charge is -2.30. The number of rotatable bonds is 5. The van der Waals surface area contributed by atoms with E-state index in [1.54, 1.807) is 6.20 Å². The summed E-state index contributed by atoms with van der Waals surface area (Å²) >= 11 is 0. The molecule has 1 saturated heterocycles. The number of aromatic nitrogens is 3. The molecule has 1 N–H and O–H groups in total. The number of carbonyl (C=O) groups excluding carboxylic acids is 1. The summed E-state index contributed by atoms with van der Waals surface area (Å²) in [5.74, 6) is 2.03. The minimum absolute atomic E-state index is 0.106. The number of likely N-dealkylation sites (tertiary alicyclic amines) is 1. The van der Waals surface area contributed by atoms with Crippen LogP contribution in [-0.2, 0) is 0 Å². The van der Waals surface area contributed by atoms with Gasteiger partial charge in [-0.05, 0) is 63.1 Å². The summed E-state index contributed by atoms with van der Waals surface area (Å²) in [6.07, 6.45) is 3.37. The van der Waals surface area contributed by atoms with E-state index in [0.29, 0.717) is 30.5 Å². The topological polar surface area (TPSA) is 93.4 Å². The van der Waals surface area contributed by atoms with Gasteiger partial charge in [-0.15, -0.1) is 0 Å². The van der Waals surface area contributed by atoms with Crippen molar-refractivity contribution in [1.29, 1.82) is 0 Å². The van der Waals surface area contributed by atoms with Crippen LogP contribution in [0.2, 0.25) is 0 Å². The molecule has 1 aromatic carbocycles. The van der Waals surface area contributed by atoms with Gasteiger partial charge >= 0.3 is 6.03 Å². The predicted molar refractivity (Wildman–Crippen MR) is 112 cm³/mol. The molecule has 156 valence electrons. The fourth-order valence-electron chi connectivity index (χ4n) is 3.42. The minimum atomic E-state index is -0.106. The molecule has 0 atom stereocenters. The van der Waals surface area contributed by atoms with Gasteiger partial charge in [0.15, 0.2) is 0 Å². The second-order valence-corrected chi connectivity index (χ2v) is 7.55. The summed E-state index contributed by atoms with van der Waals surface area (Å²) in [6, 6.07) is 12.9. The molecule has 3 aromatic rings. The van der Waals surface area contributed by atoms with E-state index in [1.165, 1.54) is 0 Å². The van der Waals surface area contributed by atoms with Crippen molar-refractivity contribution in [3.8, 4) is 17.3 Å². The zero-order valence-electron chi connectivity index (χ0n) is 17.1. The maximum Gasteiger partial charge on any atom is 0.321 e. The first-order valence-electron chi connectivity index (χ1n) is 10.2. The van der Waals surface area contributed by atoms with Crippen LogP contribution in [0.4, 0.5) is 10.5 Å². The normalized spacial score (nSPS) is 14.7. The molecule has 0 saturated carbocycles. The lowest BCUT2D eigenvalue weighted by molar-refractivity contribution is 0.187. The number of piperidine rings is 1. The number of ether oxygens (including phenoxy) is 1. The van der Waals surface area contributed by atoms with Crippen molar-refractivity contribution in [2.75, 3.05) is 18.4 Å². The monoisotopic (exact) mass is 407 g/mol. The summed E-state index contributed by atoms with van der Waals surface area (Å²) in [5.41, 5.74) is 1.43. The number of amides is 2. The number of hydrogen-bond acceptors (Lipinski definition) is 6. The van der Waals surface area contributed by atoms with E-state index >= 15 is 0 Å². The molecule has 1 fully saturated rings. The minimum Gasteiger partial charge on any atom is -0.491 e. The Labute approximate surface area is 175 Å². The number of urea groups is 1. The van der Waals surface area contributed by atoms with E-state index in [1.807, 2.05) is 61.2 Å². The van der Waals surface area contributed by atoms with Gasteiger partial charge < -0.3 is 19.5 Å². The van der Waals surface area contributed by atoms with Gasteiger partial charge in [0.25, 0.3) is 0 Å². The van der Waals surface area contributed by atoms with E-state index in [2.05, 4.69) is 20.4 Å². The average Bonchev–Trinajstić information content (AvgIpc) is 3.26. The fraction of sp³-hybridized carbons (Fsp3) is 0.364. The summed E-state index contributed by atoms with van der Waals surface area (Å²) < 4.78 is 11.1. The highest BCUT2D eigenvalue weighted by Crippen LogP contribution is 2.28. The van der Waals surface area contributed by atoms with Crippen LogP contribution in [0.5, 0.6) is 5.75 Å². The third kappa shape index (κ3) is 4.76. The Morgan fingerprint density at radius 3 is 2.60 bits per heavy atom. The number of anilines is 1. The van der Waals surface area contributed by atoms with Crippen molar-refractivity contribution in [2.24, 2.45) is 0 Å². The van der Waals surface area contributed by atoms with Crippen LogP contribution in [0.25, 0.3) is 11.5 Å². The van der Waals surface area contributed by atoms with Gasteiger partial charge in [0, 0.05) is 30.9 Å².